The van der Waals surface area contributed by atoms with E-state index in [2.05, 4.69) is 24.3 Å². The van der Waals surface area contributed by atoms with E-state index < -0.39 is 0 Å². The van der Waals surface area contributed by atoms with Crippen molar-refractivity contribution >= 4 is 5.91 Å². The van der Waals surface area contributed by atoms with Crippen LogP contribution in [0.1, 0.15) is 45.4 Å². The number of nitrogens with one attached hydrogen (secondary N) is 1. The summed E-state index contributed by atoms with van der Waals surface area (Å²) in [4.78, 5) is 13.5. The SMILES string of the molecule is CC(CC(=O)NN)N(C)C1CCCCC1. The molecule has 1 saturated carbocycles. The minimum absolute atomic E-state index is 0.0786. The summed E-state index contributed by atoms with van der Waals surface area (Å²) >= 11 is 0. The molecule has 0 aromatic rings. The number of nitrogens with zero attached hydrogens (tertiary/aromatic N) is 1. The molecule has 1 aliphatic carbocycles. The van der Waals surface area contributed by atoms with Crippen LogP contribution >= 0.6 is 0 Å². The Kier molecular flexibility index (Phi) is 5.05. The second-order valence-electron chi connectivity index (χ2n) is 4.58. The Morgan fingerprint density at radius 2 is 2.07 bits per heavy atom. The van der Waals surface area contributed by atoms with Crippen LogP contribution in [0.2, 0.25) is 0 Å². The molecule has 1 rings (SSSR count). The van der Waals surface area contributed by atoms with Gasteiger partial charge in [0.15, 0.2) is 0 Å². The van der Waals surface area contributed by atoms with Crippen LogP contribution in [0.25, 0.3) is 0 Å². The lowest BCUT2D eigenvalue weighted by Gasteiger charge is -2.35. The highest BCUT2D eigenvalue weighted by Gasteiger charge is 2.22. The summed E-state index contributed by atoms with van der Waals surface area (Å²) in [5.74, 6) is 5.00. The van der Waals surface area contributed by atoms with Crippen molar-refractivity contribution in [1.82, 2.24) is 10.3 Å². The van der Waals surface area contributed by atoms with Gasteiger partial charge in [-0.15, -0.1) is 0 Å². The summed E-state index contributed by atoms with van der Waals surface area (Å²) in [7, 11) is 2.12. The van der Waals surface area contributed by atoms with E-state index in [1.807, 2.05) is 0 Å². The second-order valence-corrected chi connectivity index (χ2v) is 4.58. The number of amides is 1. The van der Waals surface area contributed by atoms with Gasteiger partial charge in [0.2, 0.25) is 5.91 Å². The number of rotatable bonds is 4. The molecule has 0 aliphatic heterocycles. The Bertz CT molecular complexity index is 202. The normalized spacial score (nSPS) is 20.3. The van der Waals surface area contributed by atoms with Crippen LogP contribution in [-0.4, -0.2) is 29.9 Å². The van der Waals surface area contributed by atoms with Gasteiger partial charge >= 0.3 is 0 Å². The first-order chi connectivity index (χ1) is 7.15. The maximum Gasteiger partial charge on any atom is 0.235 e. The third-order valence-electron chi connectivity index (χ3n) is 3.49. The third-order valence-corrected chi connectivity index (χ3v) is 3.49. The third kappa shape index (κ3) is 3.80. The zero-order chi connectivity index (χ0) is 11.3. The average molecular weight is 213 g/mol. The minimum atomic E-state index is -0.0786. The van der Waals surface area contributed by atoms with Crippen molar-refractivity contribution in [3.63, 3.8) is 0 Å². The van der Waals surface area contributed by atoms with E-state index in [-0.39, 0.29) is 11.9 Å². The first kappa shape index (κ1) is 12.5. The van der Waals surface area contributed by atoms with Crippen molar-refractivity contribution in [2.45, 2.75) is 57.5 Å². The van der Waals surface area contributed by atoms with E-state index >= 15 is 0 Å². The Hall–Kier alpha value is -0.610. The number of hydrazine groups is 1. The van der Waals surface area contributed by atoms with Crippen molar-refractivity contribution in [2.75, 3.05) is 7.05 Å². The summed E-state index contributed by atoms with van der Waals surface area (Å²) in [6.07, 6.45) is 7.04. The van der Waals surface area contributed by atoms with Gasteiger partial charge in [0.05, 0.1) is 0 Å². The molecule has 3 N–H and O–H groups in total. The molecule has 1 aliphatic rings. The number of carbonyl (C=O) groups is 1. The smallest absolute Gasteiger partial charge is 0.235 e. The molecule has 1 atom stereocenters. The zero-order valence-corrected chi connectivity index (χ0v) is 9.83. The Labute approximate surface area is 92.2 Å². The Morgan fingerprint density at radius 3 is 2.60 bits per heavy atom. The van der Waals surface area contributed by atoms with Gasteiger partial charge < -0.3 is 4.90 Å². The van der Waals surface area contributed by atoms with E-state index in [4.69, 9.17) is 5.84 Å². The predicted octanol–water partition coefficient (Wildman–Crippen LogP) is 1.02. The van der Waals surface area contributed by atoms with E-state index in [1.54, 1.807) is 0 Å². The van der Waals surface area contributed by atoms with Gasteiger partial charge in [-0.2, -0.15) is 0 Å². The Balaban J connectivity index is 2.36. The van der Waals surface area contributed by atoms with Gasteiger partial charge in [0, 0.05) is 18.5 Å². The largest absolute Gasteiger partial charge is 0.300 e. The molecule has 0 spiro atoms. The summed E-state index contributed by atoms with van der Waals surface area (Å²) in [6, 6.07) is 0.927. The van der Waals surface area contributed by atoms with Crippen LogP contribution in [0.5, 0.6) is 0 Å². The molecule has 0 aromatic carbocycles. The average Bonchev–Trinajstić information content (AvgIpc) is 2.29. The molecule has 1 unspecified atom stereocenters. The molecular formula is C11H23N3O. The maximum atomic E-state index is 11.1. The van der Waals surface area contributed by atoms with Crippen molar-refractivity contribution < 1.29 is 4.79 Å². The van der Waals surface area contributed by atoms with E-state index in [0.717, 1.165) is 0 Å². The molecule has 0 radical (unpaired) electrons. The number of nitrogens with two attached hydrogens (primary N) is 1. The summed E-state index contributed by atoms with van der Waals surface area (Å²) in [6.45, 7) is 2.09. The maximum absolute atomic E-state index is 11.1. The number of carbonyl (C=O) groups excluding carboxylic acids is 1. The van der Waals surface area contributed by atoms with E-state index in [1.165, 1.54) is 32.1 Å². The summed E-state index contributed by atoms with van der Waals surface area (Å²) in [5.41, 5.74) is 2.19. The number of hydrogen-bond acceptors (Lipinski definition) is 3. The van der Waals surface area contributed by atoms with Crippen LogP contribution in [-0.2, 0) is 4.79 Å². The van der Waals surface area contributed by atoms with Gasteiger partial charge in [-0.1, -0.05) is 19.3 Å². The van der Waals surface area contributed by atoms with E-state index in [9.17, 15) is 4.79 Å². The fourth-order valence-electron chi connectivity index (χ4n) is 2.32. The molecule has 15 heavy (non-hydrogen) atoms. The van der Waals surface area contributed by atoms with Crippen molar-refractivity contribution in [3.8, 4) is 0 Å². The van der Waals surface area contributed by atoms with Gasteiger partial charge in [-0.25, -0.2) is 5.84 Å². The molecule has 0 aromatic heterocycles. The van der Waals surface area contributed by atoms with Gasteiger partial charge in [0.25, 0.3) is 0 Å². The first-order valence-corrected chi connectivity index (χ1v) is 5.86. The van der Waals surface area contributed by atoms with Crippen molar-refractivity contribution in [1.29, 1.82) is 0 Å². The highest BCUT2D eigenvalue weighted by atomic mass is 16.2. The van der Waals surface area contributed by atoms with Gasteiger partial charge in [-0.3, -0.25) is 10.2 Å². The van der Waals surface area contributed by atoms with Crippen molar-refractivity contribution in [3.05, 3.63) is 0 Å². The minimum Gasteiger partial charge on any atom is -0.300 e. The standard InChI is InChI=1S/C11H23N3O/c1-9(8-11(15)13-12)14(2)10-6-4-3-5-7-10/h9-10H,3-8,12H2,1-2H3,(H,13,15). The highest BCUT2D eigenvalue weighted by molar-refractivity contribution is 5.75. The fraction of sp³-hybridized carbons (Fsp3) is 0.909. The van der Waals surface area contributed by atoms with Gasteiger partial charge in [-0.05, 0) is 26.8 Å². The molecule has 0 heterocycles. The second kappa shape index (κ2) is 6.08. The summed E-state index contributed by atoms with van der Waals surface area (Å²) in [5, 5.41) is 0. The molecule has 88 valence electrons. The lowest BCUT2D eigenvalue weighted by Crippen LogP contribution is -2.43. The lowest BCUT2D eigenvalue weighted by atomic mass is 9.93. The number of hydrogen-bond donors (Lipinski definition) is 2. The summed E-state index contributed by atoms with van der Waals surface area (Å²) < 4.78 is 0. The molecule has 1 amide bonds. The van der Waals surface area contributed by atoms with Crippen LogP contribution in [0, 0.1) is 0 Å². The quantitative estimate of drug-likeness (QED) is 0.416. The van der Waals surface area contributed by atoms with Gasteiger partial charge in [0.1, 0.15) is 0 Å². The monoisotopic (exact) mass is 213 g/mol. The highest BCUT2D eigenvalue weighted by Crippen LogP contribution is 2.23. The fourth-order valence-corrected chi connectivity index (χ4v) is 2.32. The topological polar surface area (TPSA) is 58.4 Å². The van der Waals surface area contributed by atoms with Crippen LogP contribution in [0.3, 0.4) is 0 Å². The molecular weight excluding hydrogens is 190 g/mol. The zero-order valence-electron chi connectivity index (χ0n) is 9.83. The molecule has 4 heteroatoms. The van der Waals surface area contributed by atoms with Crippen molar-refractivity contribution in [2.24, 2.45) is 5.84 Å². The van der Waals surface area contributed by atoms with E-state index in [0.29, 0.717) is 12.5 Å². The lowest BCUT2D eigenvalue weighted by molar-refractivity contribution is -0.122. The molecule has 0 saturated heterocycles. The Morgan fingerprint density at radius 1 is 1.47 bits per heavy atom. The predicted molar refractivity (Wildman–Crippen MR) is 61.0 cm³/mol. The first-order valence-electron chi connectivity index (χ1n) is 5.86. The molecule has 0 bridgehead atoms. The molecule has 1 fully saturated rings. The van der Waals surface area contributed by atoms with Crippen LogP contribution < -0.4 is 11.3 Å². The van der Waals surface area contributed by atoms with Crippen LogP contribution in [0.15, 0.2) is 0 Å². The molecule has 4 nitrogen and oxygen atoms in total. The van der Waals surface area contributed by atoms with Crippen LogP contribution in [0.4, 0.5) is 0 Å².